The molecule has 0 saturated carbocycles. The maximum Gasteiger partial charge on any atom is 0.217 e. The van der Waals surface area contributed by atoms with Crippen molar-refractivity contribution in [3.05, 3.63) is 53.2 Å². The first-order valence-electron chi connectivity index (χ1n) is 6.40. The van der Waals surface area contributed by atoms with Crippen molar-refractivity contribution in [2.24, 2.45) is 0 Å². The Kier molecular flexibility index (Phi) is 3.90. The van der Waals surface area contributed by atoms with Gasteiger partial charge in [0.05, 0.1) is 17.3 Å². The summed E-state index contributed by atoms with van der Waals surface area (Å²) in [5.41, 5.74) is 2.12. The summed E-state index contributed by atoms with van der Waals surface area (Å²) in [5, 5.41) is 4.47. The molecule has 0 spiro atoms. The van der Waals surface area contributed by atoms with Gasteiger partial charge >= 0.3 is 0 Å². The van der Waals surface area contributed by atoms with Crippen molar-refractivity contribution in [3.63, 3.8) is 0 Å². The molecule has 0 unspecified atom stereocenters. The molecule has 0 fully saturated rings. The fourth-order valence-electron chi connectivity index (χ4n) is 2.04. The van der Waals surface area contributed by atoms with Crippen molar-refractivity contribution >= 4 is 21.6 Å². The molecule has 0 atom stereocenters. The van der Waals surface area contributed by atoms with E-state index in [-0.39, 0.29) is 0 Å². The number of benzene rings is 1. The van der Waals surface area contributed by atoms with Crippen LogP contribution >= 0.6 is 11.3 Å². The Morgan fingerprint density at radius 3 is 2.90 bits per heavy atom. The molecule has 0 radical (unpaired) electrons. The normalized spacial score (nSPS) is 10.8. The molecule has 0 aliphatic carbocycles. The van der Waals surface area contributed by atoms with E-state index in [1.165, 1.54) is 4.70 Å². The third-order valence-corrected chi connectivity index (χ3v) is 4.01. The van der Waals surface area contributed by atoms with Gasteiger partial charge in [-0.15, -0.1) is 11.3 Å². The van der Waals surface area contributed by atoms with Crippen molar-refractivity contribution in [3.8, 4) is 5.88 Å². The Balaban J connectivity index is 1.65. The molecule has 0 aliphatic heterocycles. The zero-order valence-electron chi connectivity index (χ0n) is 11.2. The fraction of sp³-hybridized carbons (Fsp3) is 0.200. The molecule has 20 heavy (non-hydrogen) atoms. The summed E-state index contributed by atoms with van der Waals surface area (Å²) < 4.78 is 6.46. The van der Waals surface area contributed by atoms with Crippen LogP contribution in [0.3, 0.4) is 0 Å². The van der Waals surface area contributed by atoms with Crippen molar-refractivity contribution in [1.82, 2.24) is 15.3 Å². The summed E-state index contributed by atoms with van der Waals surface area (Å²) in [6.07, 6.45) is 1.73. The Labute approximate surface area is 121 Å². The standard InChI is InChI=1S/C15H15N3OS/c1-19-15-11(5-4-8-17-15)9-16-10-14-18-12-6-2-3-7-13(12)20-14/h2-8,16H,9-10H2,1H3. The largest absolute Gasteiger partial charge is 0.481 e. The lowest BCUT2D eigenvalue weighted by Gasteiger charge is -2.07. The van der Waals surface area contributed by atoms with Crippen LogP contribution in [0, 0.1) is 0 Å². The fourth-order valence-corrected chi connectivity index (χ4v) is 2.98. The second-order valence-corrected chi connectivity index (χ2v) is 5.47. The second-order valence-electron chi connectivity index (χ2n) is 4.35. The molecule has 1 aromatic carbocycles. The van der Waals surface area contributed by atoms with E-state index in [4.69, 9.17) is 4.74 Å². The molecule has 2 heterocycles. The van der Waals surface area contributed by atoms with Gasteiger partial charge in [-0.3, -0.25) is 0 Å². The van der Waals surface area contributed by atoms with Crippen LogP contribution in [0.5, 0.6) is 5.88 Å². The van der Waals surface area contributed by atoms with Gasteiger partial charge in [0.2, 0.25) is 5.88 Å². The number of nitrogens with one attached hydrogen (secondary N) is 1. The van der Waals surface area contributed by atoms with Crippen LogP contribution in [-0.4, -0.2) is 17.1 Å². The summed E-state index contributed by atoms with van der Waals surface area (Å²) in [6, 6.07) is 12.1. The number of fused-ring (bicyclic) bond motifs is 1. The smallest absolute Gasteiger partial charge is 0.217 e. The Morgan fingerprint density at radius 2 is 2.05 bits per heavy atom. The maximum absolute atomic E-state index is 5.23. The van der Waals surface area contributed by atoms with Crippen LogP contribution in [0.1, 0.15) is 10.6 Å². The molecule has 3 aromatic rings. The Morgan fingerprint density at radius 1 is 1.15 bits per heavy atom. The maximum atomic E-state index is 5.23. The van der Waals surface area contributed by atoms with E-state index in [1.54, 1.807) is 24.6 Å². The molecular formula is C15H15N3OS. The molecule has 1 N–H and O–H groups in total. The molecule has 0 aliphatic rings. The zero-order chi connectivity index (χ0) is 13.8. The molecule has 102 valence electrons. The minimum absolute atomic E-state index is 0.671. The SMILES string of the molecule is COc1ncccc1CNCc1nc2ccccc2s1. The minimum atomic E-state index is 0.671. The third-order valence-electron chi connectivity index (χ3n) is 2.97. The number of aromatic nitrogens is 2. The lowest BCUT2D eigenvalue weighted by molar-refractivity contribution is 0.390. The number of thiazole rings is 1. The van der Waals surface area contributed by atoms with E-state index in [2.05, 4.69) is 21.4 Å². The second kappa shape index (κ2) is 5.98. The third kappa shape index (κ3) is 2.79. The molecule has 0 saturated heterocycles. The predicted molar refractivity (Wildman–Crippen MR) is 81.0 cm³/mol. The molecule has 0 amide bonds. The highest BCUT2D eigenvalue weighted by molar-refractivity contribution is 7.18. The van der Waals surface area contributed by atoms with Crippen molar-refractivity contribution in [2.45, 2.75) is 13.1 Å². The first-order chi connectivity index (χ1) is 9.86. The summed E-state index contributed by atoms with van der Waals surface area (Å²) >= 11 is 1.72. The average Bonchev–Trinajstić information content (AvgIpc) is 2.90. The van der Waals surface area contributed by atoms with Gasteiger partial charge in [0.25, 0.3) is 0 Å². The van der Waals surface area contributed by atoms with Crippen molar-refractivity contribution < 1.29 is 4.74 Å². The van der Waals surface area contributed by atoms with Gasteiger partial charge in [-0.25, -0.2) is 9.97 Å². The summed E-state index contributed by atoms with van der Waals surface area (Å²) in [6.45, 7) is 1.46. The van der Waals surface area contributed by atoms with Gasteiger partial charge < -0.3 is 10.1 Å². The molecule has 5 heteroatoms. The Hall–Kier alpha value is -1.98. The summed E-state index contributed by atoms with van der Waals surface area (Å²) in [5.74, 6) is 0.671. The van der Waals surface area contributed by atoms with E-state index in [0.29, 0.717) is 12.4 Å². The summed E-state index contributed by atoms with van der Waals surface area (Å²) in [4.78, 5) is 8.78. The number of para-hydroxylation sites is 1. The van der Waals surface area contributed by atoms with Crippen LogP contribution in [0.2, 0.25) is 0 Å². The topological polar surface area (TPSA) is 47.0 Å². The summed E-state index contributed by atoms with van der Waals surface area (Å²) in [7, 11) is 1.64. The number of hydrogen-bond acceptors (Lipinski definition) is 5. The molecule has 3 rings (SSSR count). The number of hydrogen-bond donors (Lipinski definition) is 1. The number of pyridine rings is 1. The van der Waals surface area contributed by atoms with E-state index in [9.17, 15) is 0 Å². The van der Waals surface area contributed by atoms with E-state index in [1.807, 2.05) is 30.3 Å². The number of rotatable bonds is 5. The first kappa shape index (κ1) is 13.0. The van der Waals surface area contributed by atoms with Crippen LogP contribution in [0.15, 0.2) is 42.6 Å². The first-order valence-corrected chi connectivity index (χ1v) is 7.21. The molecule has 4 nitrogen and oxygen atoms in total. The number of nitrogens with zero attached hydrogens (tertiary/aromatic N) is 2. The minimum Gasteiger partial charge on any atom is -0.481 e. The zero-order valence-corrected chi connectivity index (χ0v) is 12.0. The quantitative estimate of drug-likeness (QED) is 0.783. The van der Waals surface area contributed by atoms with E-state index < -0.39 is 0 Å². The molecular weight excluding hydrogens is 270 g/mol. The van der Waals surface area contributed by atoms with Gasteiger partial charge in [-0.05, 0) is 18.2 Å². The lowest BCUT2D eigenvalue weighted by atomic mass is 10.2. The van der Waals surface area contributed by atoms with Gasteiger partial charge in [-0.1, -0.05) is 18.2 Å². The van der Waals surface area contributed by atoms with Gasteiger partial charge in [-0.2, -0.15) is 0 Å². The highest BCUT2D eigenvalue weighted by atomic mass is 32.1. The highest BCUT2D eigenvalue weighted by Crippen LogP contribution is 2.21. The average molecular weight is 285 g/mol. The van der Waals surface area contributed by atoms with Gasteiger partial charge in [0.1, 0.15) is 5.01 Å². The van der Waals surface area contributed by atoms with E-state index >= 15 is 0 Å². The van der Waals surface area contributed by atoms with Crippen molar-refractivity contribution in [2.75, 3.05) is 7.11 Å². The van der Waals surface area contributed by atoms with Crippen LogP contribution in [0.25, 0.3) is 10.2 Å². The lowest BCUT2D eigenvalue weighted by Crippen LogP contribution is -2.13. The van der Waals surface area contributed by atoms with Crippen molar-refractivity contribution in [1.29, 1.82) is 0 Å². The number of methoxy groups -OCH3 is 1. The Bertz CT molecular complexity index is 678. The van der Waals surface area contributed by atoms with E-state index in [0.717, 1.165) is 22.6 Å². The molecule has 2 aromatic heterocycles. The molecule has 0 bridgehead atoms. The van der Waals surface area contributed by atoms with Gasteiger partial charge in [0, 0.05) is 24.8 Å². The number of ether oxygens (including phenoxy) is 1. The van der Waals surface area contributed by atoms with Crippen LogP contribution < -0.4 is 10.1 Å². The highest BCUT2D eigenvalue weighted by Gasteiger charge is 2.05. The van der Waals surface area contributed by atoms with Crippen LogP contribution in [0.4, 0.5) is 0 Å². The monoisotopic (exact) mass is 285 g/mol. The van der Waals surface area contributed by atoms with Gasteiger partial charge in [0.15, 0.2) is 0 Å². The van der Waals surface area contributed by atoms with Crippen LogP contribution in [-0.2, 0) is 13.1 Å². The predicted octanol–water partition coefficient (Wildman–Crippen LogP) is 2.99.